The summed E-state index contributed by atoms with van der Waals surface area (Å²) < 4.78 is 27.9. The summed E-state index contributed by atoms with van der Waals surface area (Å²) in [5.41, 5.74) is 6.37. The average Bonchev–Trinajstić information content (AvgIpc) is 3.12. The van der Waals surface area contributed by atoms with Gasteiger partial charge >= 0.3 is 0 Å². The molecule has 0 aliphatic heterocycles. The lowest BCUT2D eigenvalue weighted by molar-refractivity contribution is -0.0457. The molecular formula is C14H20F2N4O. The number of amides is 1. The molecule has 2 aliphatic rings. The first kappa shape index (κ1) is 14.4. The second kappa shape index (κ2) is 5.35. The molecule has 1 amide bonds. The molecule has 21 heavy (non-hydrogen) atoms. The van der Waals surface area contributed by atoms with Crippen LogP contribution in [0, 0.1) is 11.8 Å². The number of nitrogens with zero attached hydrogens (tertiary/aromatic N) is 3. The topological polar surface area (TPSA) is 73.8 Å². The Labute approximate surface area is 121 Å². The number of nitrogens with two attached hydrogens (primary N) is 1. The molecule has 2 fully saturated rings. The van der Waals surface area contributed by atoms with E-state index >= 15 is 0 Å². The van der Waals surface area contributed by atoms with Gasteiger partial charge in [0, 0.05) is 19.4 Å². The Morgan fingerprint density at radius 1 is 1.24 bits per heavy atom. The molecule has 0 atom stereocenters. The molecule has 3 rings (SSSR count). The predicted molar refractivity (Wildman–Crippen MR) is 71.9 cm³/mol. The summed E-state index contributed by atoms with van der Waals surface area (Å²) in [5, 5.41) is 8.10. The fourth-order valence-electron chi connectivity index (χ4n) is 3.01. The molecule has 0 radical (unpaired) electrons. The molecule has 0 aromatic carbocycles. The molecular weight excluding hydrogens is 278 g/mol. The van der Waals surface area contributed by atoms with Crippen molar-refractivity contribution in [2.45, 2.75) is 57.4 Å². The van der Waals surface area contributed by atoms with Crippen molar-refractivity contribution >= 4 is 5.91 Å². The molecule has 2 aliphatic carbocycles. The highest BCUT2D eigenvalue weighted by Crippen LogP contribution is 2.37. The fourth-order valence-corrected chi connectivity index (χ4v) is 3.01. The first-order valence-corrected chi connectivity index (χ1v) is 7.54. The smallest absolute Gasteiger partial charge is 0.268 e. The molecule has 1 aromatic rings. The summed E-state index contributed by atoms with van der Waals surface area (Å²) in [5.74, 6) is -2.37. The van der Waals surface area contributed by atoms with Gasteiger partial charge in [0.2, 0.25) is 5.92 Å². The van der Waals surface area contributed by atoms with E-state index in [9.17, 15) is 13.6 Å². The summed E-state index contributed by atoms with van der Waals surface area (Å²) in [6.45, 7) is 0.675. The predicted octanol–water partition coefficient (Wildman–Crippen LogP) is 2.16. The summed E-state index contributed by atoms with van der Waals surface area (Å²) in [7, 11) is 0. The number of halogens is 2. The molecule has 1 aromatic heterocycles. The van der Waals surface area contributed by atoms with Crippen LogP contribution < -0.4 is 5.73 Å². The Bertz CT molecular complexity index is 529. The van der Waals surface area contributed by atoms with E-state index in [1.165, 1.54) is 0 Å². The minimum Gasteiger partial charge on any atom is -0.364 e. The number of rotatable bonds is 5. The van der Waals surface area contributed by atoms with Crippen LogP contribution in [-0.4, -0.2) is 26.8 Å². The molecule has 0 spiro atoms. The maximum Gasteiger partial charge on any atom is 0.268 e. The van der Waals surface area contributed by atoms with E-state index in [2.05, 4.69) is 10.3 Å². The third-order valence-corrected chi connectivity index (χ3v) is 4.49. The van der Waals surface area contributed by atoms with Gasteiger partial charge in [-0.2, -0.15) is 0 Å². The van der Waals surface area contributed by atoms with E-state index in [0.717, 1.165) is 12.8 Å². The van der Waals surface area contributed by atoms with E-state index < -0.39 is 11.8 Å². The number of hydrogen-bond acceptors (Lipinski definition) is 3. The maximum absolute atomic E-state index is 13.2. The van der Waals surface area contributed by atoms with Crippen molar-refractivity contribution in [2.24, 2.45) is 17.6 Å². The molecule has 7 heteroatoms. The van der Waals surface area contributed by atoms with Crippen LogP contribution in [0.25, 0.3) is 0 Å². The zero-order valence-electron chi connectivity index (χ0n) is 11.9. The third kappa shape index (κ3) is 3.39. The molecule has 0 saturated heterocycles. The van der Waals surface area contributed by atoms with Crippen LogP contribution in [0.3, 0.4) is 0 Å². The van der Waals surface area contributed by atoms with Gasteiger partial charge in [0.25, 0.3) is 5.91 Å². The Morgan fingerprint density at radius 3 is 2.48 bits per heavy atom. The normalized spacial score (nSPS) is 22.4. The Balaban J connectivity index is 1.70. The molecule has 2 saturated carbocycles. The first-order chi connectivity index (χ1) is 9.94. The Hall–Kier alpha value is -1.53. The van der Waals surface area contributed by atoms with Crippen molar-refractivity contribution in [3.05, 3.63) is 11.4 Å². The van der Waals surface area contributed by atoms with Gasteiger partial charge in [0.15, 0.2) is 0 Å². The van der Waals surface area contributed by atoms with Crippen molar-refractivity contribution < 1.29 is 13.6 Å². The lowest BCUT2D eigenvalue weighted by atomic mass is 9.84. The molecule has 1 heterocycles. The highest BCUT2D eigenvalue weighted by molar-refractivity contribution is 5.92. The number of primary amides is 1. The van der Waals surface area contributed by atoms with Crippen molar-refractivity contribution in [2.75, 3.05) is 0 Å². The van der Waals surface area contributed by atoms with E-state index in [4.69, 9.17) is 5.73 Å². The minimum absolute atomic E-state index is 0.0835. The summed E-state index contributed by atoms with van der Waals surface area (Å²) in [6.07, 6.45) is 3.55. The van der Waals surface area contributed by atoms with Gasteiger partial charge in [-0.05, 0) is 43.9 Å². The molecule has 2 N–H and O–H groups in total. The van der Waals surface area contributed by atoms with E-state index in [1.807, 2.05) is 0 Å². The minimum atomic E-state index is -2.54. The second-order valence-electron chi connectivity index (χ2n) is 6.38. The SMILES string of the molecule is NC(=O)c1c(CC2CCC(F)(F)CC2)nnn1CC1CC1. The lowest BCUT2D eigenvalue weighted by Crippen LogP contribution is -2.26. The quantitative estimate of drug-likeness (QED) is 0.905. The maximum atomic E-state index is 13.2. The summed E-state index contributed by atoms with van der Waals surface area (Å²) in [6, 6.07) is 0. The largest absolute Gasteiger partial charge is 0.364 e. The molecule has 0 unspecified atom stereocenters. The van der Waals surface area contributed by atoms with Crippen molar-refractivity contribution in [1.29, 1.82) is 0 Å². The van der Waals surface area contributed by atoms with Crippen LogP contribution >= 0.6 is 0 Å². The van der Waals surface area contributed by atoms with E-state index in [1.54, 1.807) is 4.68 Å². The van der Waals surface area contributed by atoms with Gasteiger partial charge in [0.05, 0.1) is 5.69 Å². The standard InChI is InChI=1S/C14H20F2N4O/c15-14(16)5-3-9(4-6-14)7-11-12(13(17)21)20(19-18-11)8-10-1-2-10/h9-10H,1-8H2,(H2,17,21). The number of alkyl halides is 2. The summed E-state index contributed by atoms with van der Waals surface area (Å²) >= 11 is 0. The van der Waals surface area contributed by atoms with Gasteiger partial charge in [-0.1, -0.05) is 5.21 Å². The monoisotopic (exact) mass is 298 g/mol. The average molecular weight is 298 g/mol. The lowest BCUT2D eigenvalue weighted by Gasteiger charge is -2.27. The first-order valence-electron chi connectivity index (χ1n) is 7.54. The third-order valence-electron chi connectivity index (χ3n) is 4.49. The van der Waals surface area contributed by atoms with Crippen LogP contribution in [0.1, 0.15) is 54.7 Å². The zero-order valence-corrected chi connectivity index (χ0v) is 11.9. The van der Waals surface area contributed by atoms with Crippen LogP contribution in [0.15, 0.2) is 0 Å². The second-order valence-corrected chi connectivity index (χ2v) is 6.38. The number of hydrogen-bond donors (Lipinski definition) is 1. The van der Waals surface area contributed by atoms with Gasteiger partial charge < -0.3 is 5.73 Å². The van der Waals surface area contributed by atoms with Crippen LogP contribution in [0.4, 0.5) is 8.78 Å². The van der Waals surface area contributed by atoms with Gasteiger partial charge in [-0.3, -0.25) is 4.79 Å². The van der Waals surface area contributed by atoms with Crippen molar-refractivity contribution in [1.82, 2.24) is 15.0 Å². The van der Waals surface area contributed by atoms with Crippen molar-refractivity contribution in [3.63, 3.8) is 0 Å². The molecule has 5 nitrogen and oxygen atoms in total. The molecule has 116 valence electrons. The number of carbonyl (C=O) groups excluding carboxylic acids is 1. The van der Waals surface area contributed by atoms with E-state index in [-0.39, 0.29) is 18.8 Å². The van der Waals surface area contributed by atoms with Crippen LogP contribution in [-0.2, 0) is 13.0 Å². The Morgan fingerprint density at radius 2 is 1.90 bits per heavy atom. The van der Waals surface area contributed by atoms with Crippen LogP contribution in [0.5, 0.6) is 0 Å². The summed E-state index contributed by atoms with van der Waals surface area (Å²) in [4.78, 5) is 11.7. The number of carbonyl (C=O) groups is 1. The zero-order chi connectivity index (χ0) is 15.0. The Kier molecular flexibility index (Phi) is 3.67. The fraction of sp³-hybridized carbons (Fsp3) is 0.786. The van der Waals surface area contributed by atoms with Gasteiger partial charge in [-0.25, -0.2) is 13.5 Å². The molecule has 0 bridgehead atoms. The highest BCUT2D eigenvalue weighted by atomic mass is 19.3. The van der Waals surface area contributed by atoms with Crippen molar-refractivity contribution in [3.8, 4) is 0 Å². The van der Waals surface area contributed by atoms with E-state index in [0.29, 0.717) is 43.1 Å². The highest BCUT2D eigenvalue weighted by Gasteiger charge is 2.36. The number of aromatic nitrogens is 3. The van der Waals surface area contributed by atoms with Crippen LogP contribution in [0.2, 0.25) is 0 Å². The van der Waals surface area contributed by atoms with Gasteiger partial charge in [-0.15, -0.1) is 5.10 Å². The van der Waals surface area contributed by atoms with Gasteiger partial charge in [0.1, 0.15) is 5.69 Å².